The summed E-state index contributed by atoms with van der Waals surface area (Å²) in [6, 6.07) is 6.31. The molecule has 0 saturated heterocycles. The first kappa shape index (κ1) is 9.70. The van der Waals surface area contributed by atoms with Crippen LogP contribution in [0.3, 0.4) is 0 Å². The molecule has 0 aromatic heterocycles. The minimum Gasteiger partial charge on any atom is -0.399 e. The lowest BCUT2D eigenvalue weighted by atomic mass is 9.82. The molecule has 1 atom stereocenters. The third-order valence-corrected chi connectivity index (χ3v) is 3.51. The maximum Gasteiger partial charge on any atom is 0.104 e. The summed E-state index contributed by atoms with van der Waals surface area (Å²) in [7, 11) is 0. The van der Waals surface area contributed by atoms with Crippen molar-refractivity contribution in [3.05, 3.63) is 29.3 Å². The molecule has 1 aromatic carbocycles. The number of hydrogen-bond acceptors (Lipinski definition) is 3. The van der Waals surface area contributed by atoms with Crippen molar-refractivity contribution in [3.8, 4) is 0 Å². The van der Waals surface area contributed by atoms with E-state index in [2.05, 4.69) is 22.4 Å². The molecule has 3 rings (SSSR count). The summed E-state index contributed by atoms with van der Waals surface area (Å²) >= 11 is 0. The Balaban J connectivity index is 1.99. The summed E-state index contributed by atoms with van der Waals surface area (Å²) in [6.45, 7) is 1.92. The van der Waals surface area contributed by atoms with Crippen LogP contribution in [0.25, 0.3) is 0 Å². The molecule has 0 radical (unpaired) electrons. The van der Waals surface area contributed by atoms with Gasteiger partial charge in [0.1, 0.15) is 5.84 Å². The van der Waals surface area contributed by atoms with Gasteiger partial charge in [-0.3, -0.25) is 4.99 Å². The Morgan fingerprint density at radius 3 is 3.12 bits per heavy atom. The van der Waals surface area contributed by atoms with E-state index in [4.69, 9.17) is 5.73 Å². The lowest BCUT2D eigenvalue weighted by Gasteiger charge is -2.26. The van der Waals surface area contributed by atoms with Gasteiger partial charge >= 0.3 is 0 Å². The van der Waals surface area contributed by atoms with Gasteiger partial charge in [-0.15, -0.1) is 0 Å². The second-order valence-electron chi connectivity index (χ2n) is 4.60. The van der Waals surface area contributed by atoms with Crippen molar-refractivity contribution >= 4 is 11.5 Å². The van der Waals surface area contributed by atoms with Crippen molar-refractivity contribution in [2.45, 2.75) is 25.2 Å². The summed E-state index contributed by atoms with van der Waals surface area (Å²) in [5.41, 5.74) is 9.55. The number of aliphatic imine (C=N–C) groups is 1. The molecule has 0 spiro atoms. The number of nitrogen functional groups attached to an aromatic ring is 1. The Morgan fingerprint density at radius 2 is 2.31 bits per heavy atom. The molecule has 84 valence electrons. The number of fused-ring (bicyclic) bond motifs is 1. The fourth-order valence-electron chi connectivity index (χ4n) is 2.77. The number of rotatable bonds is 1. The molecule has 0 saturated carbocycles. The maximum absolute atomic E-state index is 5.83. The molecule has 0 amide bonds. The van der Waals surface area contributed by atoms with Gasteiger partial charge in [-0.1, -0.05) is 6.07 Å². The van der Waals surface area contributed by atoms with E-state index in [-0.39, 0.29) is 0 Å². The lowest BCUT2D eigenvalue weighted by Crippen LogP contribution is -2.28. The highest BCUT2D eigenvalue weighted by molar-refractivity contribution is 5.90. The van der Waals surface area contributed by atoms with Crippen molar-refractivity contribution < 1.29 is 0 Å². The highest BCUT2D eigenvalue weighted by Crippen LogP contribution is 2.33. The van der Waals surface area contributed by atoms with E-state index in [0.717, 1.165) is 25.2 Å². The number of nitrogens with zero attached hydrogens (tertiary/aromatic N) is 1. The zero-order valence-electron chi connectivity index (χ0n) is 9.37. The minimum absolute atomic E-state index is 0.479. The minimum atomic E-state index is 0.479. The SMILES string of the molecule is Nc1ccc2c(c1)CCCC2C1=NCCN1. The van der Waals surface area contributed by atoms with Crippen molar-refractivity contribution in [1.82, 2.24) is 5.32 Å². The number of nitrogens with one attached hydrogen (secondary N) is 1. The van der Waals surface area contributed by atoms with Crippen LogP contribution in [0.1, 0.15) is 29.9 Å². The van der Waals surface area contributed by atoms with E-state index < -0.39 is 0 Å². The van der Waals surface area contributed by atoms with Gasteiger partial charge in [0.2, 0.25) is 0 Å². The first-order valence-electron chi connectivity index (χ1n) is 6.01. The summed E-state index contributed by atoms with van der Waals surface area (Å²) in [4.78, 5) is 4.55. The summed E-state index contributed by atoms with van der Waals surface area (Å²) < 4.78 is 0. The average molecular weight is 215 g/mol. The zero-order valence-corrected chi connectivity index (χ0v) is 9.37. The second-order valence-corrected chi connectivity index (χ2v) is 4.60. The summed E-state index contributed by atoms with van der Waals surface area (Å²) in [5, 5.41) is 3.40. The van der Waals surface area contributed by atoms with E-state index >= 15 is 0 Å². The van der Waals surface area contributed by atoms with Crippen LogP contribution in [0.15, 0.2) is 23.2 Å². The van der Waals surface area contributed by atoms with Crippen molar-refractivity contribution in [3.63, 3.8) is 0 Å². The smallest absolute Gasteiger partial charge is 0.104 e. The molecule has 3 N–H and O–H groups in total. The van der Waals surface area contributed by atoms with Crippen LogP contribution >= 0.6 is 0 Å². The van der Waals surface area contributed by atoms with Gasteiger partial charge in [0.05, 0.1) is 6.54 Å². The Bertz CT molecular complexity index is 437. The van der Waals surface area contributed by atoms with Gasteiger partial charge in [0.25, 0.3) is 0 Å². The molecule has 16 heavy (non-hydrogen) atoms. The standard InChI is InChI=1S/C13H17N3/c14-10-4-5-11-9(8-10)2-1-3-12(11)13-15-6-7-16-13/h4-5,8,12H,1-3,6-7,14H2,(H,15,16). The molecule has 3 heteroatoms. The van der Waals surface area contributed by atoms with Crippen molar-refractivity contribution in [2.75, 3.05) is 18.8 Å². The van der Waals surface area contributed by atoms with Gasteiger partial charge in [0, 0.05) is 18.2 Å². The Labute approximate surface area is 95.8 Å². The molecule has 2 aliphatic rings. The van der Waals surface area contributed by atoms with Gasteiger partial charge in [0.15, 0.2) is 0 Å². The van der Waals surface area contributed by atoms with Crippen molar-refractivity contribution in [2.24, 2.45) is 4.99 Å². The largest absolute Gasteiger partial charge is 0.399 e. The first-order chi connectivity index (χ1) is 7.84. The van der Waals surface area contributed by atoms with Crippen LogP contribution in [-0.4, -0.2) is 18.9 Å². The number of benzene rings is 1. The topological polar surface area (TPSA) is 50.4 Å². The molecule has 1 aliphatic heterocycles. The monoisotopic (exact) mass is 215 g/mol. The molecule has 1 aromatic rings. The van der Waals surface area contributed by atoms with E-state index in [0.29, 0.717) is 5.92 Å². The maximum atomic E-state index is 5.83. The van der Waals surface area contributed by atoms with E-state index in [1.54, 1.807) is 0 Å². The third-order valence-electron chi connectivity index (χ3n) is 3.51. The fraction of sp³-hybridized carbons (Fsp3) is 0.462. The van der Waals surface area contributed by atoms with Crippen LogP contribution in [0, 0.1) is 0 Å². The van der Waals surface area contributed by atoms with Crippen molar-refractivity contribution in [1.29, 1.82) is 0 Å². The first-order valence-corrected chi connectivity index (χ1v) is 6.01. The Kier molecular flexibility index (Phi) is 2.31. The highest BCUT2D eigenvalue weighted by Gasteiger charge is 2.25. The van der Waals surface area contributed by atoms with Crippen LogP contribution in [0.4, 0.5) is 5.69 Å². The zero-order chi connectivity index (χ0) is 11.0. The predicted molar refractivity (Wildman–Crippen MR) is 66.8 cm³/mol. The Morgan fingerprint density at radius 1 is 1.38 bits per heavy atom. The normalized spacial score (nSPS) is 23.5. The summed E-state index contributed by atoms with van der Waals surface area (Å²) in [5.74, 6) is 1.66. The lowest BCUT2D eigenvalue weighted by molar-refractivity contribution is 0.642. The number of nitrogens with two attached hydrogens (primary N) is 1. The van der Waals surface area contributed by atoms with E-state index in [1.165, 1.54) is 29.8 Å². The molecule has 0 bridgehead atoms. The number of hydrogen-bond donors (Lipinski definition) is 2. The third kappa shape index (κ3) is 1.56. The fourth-order valence-corrected chi connectivity index (χ4v) is 2.77. The van der Waals surface area contributed by atoms with E-state index in [9.17, 15) is 0 Å². The molecule has 1 aliphatic carbocycles. The molecular formula is C13H17N3. The average Bonchev–Trinajstić information content (AvgIpc) is 2.81. The van der Waals surface area contributed by atoms with Gasteiger partial charge in [-0.25, -0.2) is 0 Å². The predicted octanol–water partition coefficient (Wildman–Crippen LogP) is 1.69. The van der Waals surface area contributed by atoms with Gasteiger partial charge in [-0.2, -0.15) is 0 Å². The van der Waals surface area contributed by atoms with E-state index in [1.807, 2.05) is 6.07 Å². The Hall–Kier alpha value is -1.51. The number of aryl methyl sites for hydroxylation is 1. The summed E-state index contributed by atoms with van der Waals surface area (Å²) in [6.07, 6.45) is 3.61. The van der Waals surface area contributed by atoms with Crippen LogP contribution in [0.5, 0.6) is 0 Å². The number of anilines is 1. The quantitative estimate of drug-likeness (QED) is 0.700. The second kappa shape index (κ2) is 3.81. The van der Waals surface area contributed by atoms with Crippen LogP contribution in [-0.2, 0) is 6.42 Å². The van der Waals surface area contributed by atoms with Crippen LogP contribution in [0.2, 0.25) is 0 Å². The highest BCUT2D eigenvalue weighted by atomic mass is 15.1. The molecular weight excluding hydrogens is 198 g/mol. The van der Waals surface area contributed by atoms with Gasteiger partial charge in [-0.05, 0) is 42.5 Å². The van der Waals surface area contributed by atoms with Crippen LogP contribution < -0.4 is 11.1 Å². The number of amidine groups is 1. The molecule has 1 unspecified atom stereocenters. The molecule has 0 fully saturated rings. The molecule has 1 heterocycles. The van der Waals surface area contributed by atoms with Gasteiger partial charge < -0.3 is 11.1 Å². The molecule has 3 nitrogen and oxygen atoms in total.